The normalized spacial score (nSPS) is 27.5. The van der Waals surface area contributed by atoms with Crippen LogP contribution < -0.4 is 9.64 Å². The number of hydrogen-bond donors (Lipinski definition) is 0. The molecule has 10 heteroatoms. The van der Waals surface area contributed by atoms with E-state index >= 15 is 0 Å². The minimum Gasteiger partial charge on any atom is -0.459 e. The van der Waals surface area contributed by atoms with Gasteiger partial charge in [0.15, 0.2) is 0 Å². The Kier molecular flexibility index (Phi) is 6.18. The van der Waals surface area contributed by atoms with Gasteiger partial charge in [-0.3, -0.25) is 9.80 Å². The van der Waals surface area contributed by atoms with Crippen LogP contribution in [0.1, 0.15) is 53.4 Å². The molecule has 2 bridgehead atoms. The minimum atomic E-state index is -0.508. The maximum Gasteiger partial charge on any atom is 0.410 e. The number of likely N-dealkylation sites (tertiary alicyclic amines) is 1. The summed E-state index contributed by atoms with van der Waals surface area (Å²) >= 11 is 6.22. The van der Waals surface area contributed by atoms with E-state index in [0.29, 0.717) is 25.1 Å². The van der Waals surface area contributed by atoms with Crippen molar-refractivity contribution in [2.45, 2.75) is 83.2 Å². The summed E-state index contributed by atoms with van der Waals surface area (Å²) in [6.45, 7) is 10.1. The highest BCUT2D eigenvalue weighted by atomic mass is 35.5. The summed E-state index contributed by atoms with van der Waals surface area (Å²) in [6.07, 6.45) is 3.86. The average Bonchev–Trinajstić information content (AvgIpc) is 3.20. The summed E-state index contributed by atoms with van der Waals surface area (Å²) in [5, 5.41) is 0.119. The van der Waals surface area contributed by atoms with Gasteiger partial charge in [-0.05, 0) is 78.6 Å². The molecule has 0 unspecified atom stereocenters. The molecule has 0 aromatic carbocycles. The van der Waals surface area contributed by atoms with Crippen LogP contribution in [0.2, 0.25) is 5.28 Å². The second-order valence-electron chi connectivity index (χ2n) is 9.88. The van der Waals surface area contributed by atoms with Crippen LogP contribution in [0.3, 0.4) is 0 Å². The highest BCUT2D eigenvalue weighted by Crippen LogP contribution is 2.33. The molecule has 1 aromatic rings. The molecule has 172 valence electrons. The minimum absolute atomic E-state index is 0.0426. The monoisotopic (exact) mass is 452 g/mol. The number of halogens is 1. The van der Waals surface area contributed by atoms with E-state index in [1.165, 1.54) is 6.42 Å². The molecule has 0 N–H and O–H groups in total. The van der Waals surface area contributed by atoms with Crippen molar-refractivity contribution in [3.8, 4) is 6.01 Å². The van der Waals surface area contributed by atoms with Gasteiger partial charge in [0.2, 0.25) is 11.2 Å². The van der Waals surface area contributed by atoms with Gasteiger partial charge in [-0.15, -0.1) is 0 Å². The van der Waals surface area contributed by atoms with Gasteiger partial charge in [0.1, 0.15) is 11.7 Å². The molecule has 0 aliphatic carbocycles. The number of amides is 1. The molecule has 9 nitrogen and oxygen atoms in total. The lowest BCUT2D eigenvalue weighted by Crippen LogP contribution is -2.57. The fourth-order valence-electron chi connectivity index (χ4n) is 4.97. The fourth-order valence-corrected chi connectivity index (χ4v) is 5.12. The Hall–Kier alpha value is -1.87. The highest BCUT2D eigenvalue weighted by Gasteiger charge is 2.45. The van der Waals surface area contributed by atoms with Crippen LogP contribution >= 0.6 is 11.6 Å². The van der Waals surface area contributed by atoms with Crippen molar-refractivity contribution in [2.75, 3.05) is 31.6 Å². The fraction of sp³-hybridized carbons (Fsp3) is 0.810. The van der Waals surface area contributed by atoms with Crippen LogP contribution in [0.4, 0.5) is 10.7 Å². The number of aromatic nitrogens is 3. The Morgan fingerprint density at radius 2 is 1.81 bits per heavy atom. The van der Waals surface area contributed by atoms with Crippen molar-refractivity contribution in [3.05, 3.63) is 5.28 Å². The Morgan fingerprint density at radius 3 is 2.39 bits per heavy atom. The number of piperazine rings is 1. The van der Waals surface area contributed by atoms with E-state index in [0.717, 1.165) is 25.8 Å². The van der Waals surface area contributed by atoms with E-state index in [1.54, 1.807) is 0 Å². The van der Waals surface area contributed by atoms with E-state index in [9.17, 15) is 4.79 Å². The lowest BCUT2D eigenvalue weighted by Gasteiger charge is -2.41. The molecule has 0 spiro atoms. The number of anilines is 1. The smallest absolute Gasteiger partial charge is 0.410 e. The van der Waals surface area contributed by atoms with Gasteiger partial charge in [-0.25, -0.2) is 4.79 Å². The van der Waals surface area contributed by atoms with E-state index in [1.807, 2.05) is 32.6 Å². The Morgan fingerprint density at radius 1 is 1.13 bits per heavy atom. The first kappa shape index (κ1) is 22.3. The van der Waals surface area contributed by atoms with Crippen LogP contribution in [-0.4, -0.2) is 87.4 Å². The van der Waals surface area contributed by atoms with E-state index in [2.05, 4.69) is 31.8 Å². The predicted octanol–water partition coefficient (Wildman–Crippen LogP) is 2.97. The second-order valence-corrected chi connectivity index (χ2v) is 10.2. The summed E-state index contributed by atoms with van der Waals surface area (Å²) in [4.78, 5) is 32.1. The molecular weight excluding hydrogens is 420 g/mol. The highest BCUT2D eigenvalue weighted by molar-refractivity contribution is 6.28. The Labute approximate surface area is 189 Å². The van der Waals surface area contributed by atoms with E-state index < -0.39 is 5.60 Å². The van der Waals surface area contributed by atoms with Gasteiger partial charge in [0, 0.05) is 19.1 Å². The summed E-state index contributed by atoms with van der Waals surface area (Å²) in [6, 6.07) is 0.732. The molecule has 0 radical (unpaired) electrons. The molecule has 1 amide bonds. The lowest BCUT2D eigenvalue weighted by atomic mass is 10.1. The van der Waals surface area contributed by atoms with Crippen LogP contribution in [0.15, 0.2) is 0 Å². The van der Waals surface area contributed by atoms with Crippen molar-refractivity contribution >= 4 is 23.6 Å². The molecule has 3 fully saturated rings. The number of rotatable bonds is 4. The summed E-state index contributed by atoms with van der Waals surface area (Å²) in [5.74, 6) is 0.503. The Balaban J connectivity index is 1.45. The number of ether oxygens (including phenoxy) is 2. The molecule has 0 saturated carbocycles. The summed E-state index contributed by atoms with van der Waals surface area (Å²) in [5.41, 5.74) is -0.508. The number of carbonyl (C=O) groups excluding carboxylic acids is 1. The molecule has 4 heterocycles. The SMILES string of the molecule is C[C@H](Oc1nc(Cl)nc(N2C[C@H]3CC[C@@H](C2)N3C(=O)OC(C)(C)C)n1)[C@@H]1CCCN1C. The number of hydrogen-bond acceptors (Lipinski definition) is 8. The van der Waals surface area contributed by atoms with Crippen LogP contribution in [-0.2, 0) is 4.74 Å². The number of likely N-dealkylation sites (N-methyl/N-ethyl adjacent to an activating group) is 1. The van der Waals surface area contributed by atoms with Crippen LogP contribution in [0.25, 0.3) is 0 Å². The van der Waals surface area contributed by atoms with Gasteiger partial charge >= 0.3 is 12.1 Å². The molecule has 3 aliphatic rings. The standard InChI is InChI=1S/C21H33ClN6O3/c1-13(16-7-6-10-26(16)5)30-19-24-17(22)23-18(25-19)27-11-14-8-9-15(12-27)28(14)20(29)31-21(2,3)4/h13-16H,6-12H2,1-5H3/t13-,14-,15+,16-/m0/s1. The van der Waals surface area contributed by atoms with Crippen LogP contribution in [0.5, 0.6) is 6.01 Å². The molecule has 1 aromatic heterocycles. The Bertz CT molecular complexity index is 805. The van der Waals surface area contributed by atoms with Crippen molar-refractivity contribution < 1.29 is 14.3 Å². The van der Waals surface area contributed by atoms with Crippen molar-refractivity contribution in [1.82, 2.24) is 24.8 Å². The van der Waals surface area contributed by atoms with Gasteiger partial charge in [0.05, 0.1) is 12.1 Å². The third-order valence-electron chi connectivity index (χ3n) is 6.36. The lowest BCUT2D eigenvalue weighted by molar-refractivity contribution is 0.0122. The van der Waals surface area contributed by atoms with Crippen molar-refractivity contribution in [2.24, 2.45) is 0 Å². The number of nitrogens with zero attached hydrogens (tertiary/aromatic N) is 6. The number of fused-ring (bicyclic) bond motifs is 2. The maximum absolute atomic E-state index is 12.7. The summed E-state index contributed by atoms with van der Waals surface area (Å²) in [7, 11) is 2.11. The predicted molar refractivity (Wildman–Crippen MR) is 118 cm³/mol. The largest absolute Gasteiger partial charge is 0.459 e. The zero-order chi connectivity index (χ0) is 22.3. The topological polar surface area (TPSA) is 83.9 Å². The number of carbonyl (C=O) groups is 1. The van der Waals surface area contributed by atoms with Gasteiger partial charge < -0.3 is 14.4 Å². The molecular formula is C21H33ClN6O3. The zero-order valence-corrected chi connectivity index (χ0v) is 19.8. The maximum atomic E-state index is 12.7. The second kappa shape index (κ2) is 8.58. The van der Waals surface area contributed by atoms with Crippen molar-refractivity contribution in [1.29, 1.82) is 0 Å². The molecule has 31 heavy (non-hydrogen) atoms. The summed E-state index contributed by atoms with van der Waals surface area (Å²) < 4.78 is 11.7. The molecule has 3 saturated heterocycles. The zero-order valence-electron chi connectivity index (χ0n) is 19.0. The van der Waals surface area contributed by atoms with Gasteiger partial charge in [-0.2, -0.15) is 15.0 Å². The first-order valence-electron chi connectivity index (χ1n) is 11.2. The quantitative estimate of drug-likeness (QED) is 0.689. The van der Waals surface area contributed by atoms with Gasteiger partial charge in [-0.1, -0.05) is 0 Å². The molecule has 4 atom stereocenters. The first-order chi connectivity index (χ1) is 14.6. The third-order valence-corrected chi connectivity index (χ3v) is 6.52. The van der Waals surface area contributed by atoms with E-state index in [4.69, 9.17) is 21.1 Å². The van der Waals surface area contributed by atoms with Crippen molar-refractivity contribution in [3.63, 3.8) is 0 Å². The van der Waals surface area contributed by atoms with Gasteiger partial charge in [0.25, 0.3) is 0 Å². The van der Waals surface area contributed by atoms with Crippen LogP contribution in [0, 0.1) is 0 Å². The van der Waals surface area contributed by atoms with E-state index in [-0.39, 0.29) is 35.6 Å². The first-order valence-corrected chi connectivity index (χ1v) is 11.5. The molecule has 4 rings (SSSR count). The third kappa shape index (κ3) is 4.98. The average molecular weight is 453 g/mol. The molecule has 3 aliphatic heterocycles.